The monoisotopic (exact) mass is 296 g/mol. The number of hydrogen-bond acceptors (Lipinski definition) is 5. The summed E-state index contributed by atoms with van der Waals surface area (Å²) in [6, 6.07) is 8.09. The van der Waals surface area contributed by atoms with Crippen LogP contribution >= 0.6 is 0 Å². The van der Waals surface area contributed by atoms with Gasteiger partial charge >= 0.3 is 0 Å². The van der Waals surface area contributed by atoms with E-state index in [4.69, 9.17) is 14.4 Å². The van der Waals surface area contributed by atoms with E-state index in [2.05, 4.69) is 29.8 Å². The Hall–Kier alpha value is -2.14. The van der Waals surface area contributed by atoms with Gasteiger partial charge in [0.05, 0.1) is 0 Å². The number of fused-ring (bicyclic) bond motifs is 3. The molecule has 0 atom stereocenters. The van der Waals surface area contributed by atoms with Gasteiger partial charge < -0.3 is 14.2 Å². The minimum absolute atomic E-state index is 0.822. The number of piperazine rings is 1. The predicted octanol–water partition coefficient (Wildman–Crippen LogP) is 2.69. The van der Waals surface area contributed by atoms with Crippen molar-refractivity contribution in [3.8, 4) is 0 Å². The highest BCUT2D eigenvalue weighted by atomic mass is 16.3. The molecule has 1 aliphatic heterocycles. The van der Waals surface area contributed by atoms with E-state index in [1.165, 1.54) is 0 Å². The maximum atomic E-state index is 6.08. The normalized spacial score (nSPS) is 16.7. The Morgan fingerprint density at radius 3 is 2.64 bits per heavy atom. The zero-order chi connectivity index (χ0) is 15.1. The molecule has 114 valence electrons. The first-order valence-corrected chi connectivity index (χ1v) is 7.88. The van der Waals surface area contributed by atoms with Crippen molar-refractivity contribution in [1.82, 2.24) is 14.9 Å². The third-order valence-electron chi connectivity index (χ3n) is 4.37. The van der Waals surface area contributed by atoms with Crippen molar-refractivity contribution in [2.24, 2.45) is 0 Å². The molecule has 0 spiro atoms. The lowest BCUT2D eigenvalue weighted by Gasteiger charge is -2.33. The molecule has 0 bridgehead atoms. The minimum atomic E-state index is 0.822. The molecular formula is C17H20N4O. The molecule has 1 aliphatic rings. The maximum absolute atomic E-state index is 6.08. The molecule has 4 rings (SSSR count). The first kappa shape index (κ1) is 13.5. The number of aromatic nitrogens is 2. The largest absolute Gasteiger partial charge is 0.450 e. The van der Waals surface area contributed by atoms with Crippen molar-refractivity contribution in [2.45, 2.75) is 13.3 Å². The Kier molecular flexibility index (Phi) is 3.22. The summed E-state index contributed by atoms with van der Waals surface area (Å²) in [7, 11) is 2.16. The molecule has 1 saturated heterocycles. The van der Waals surface area contributed by atoms with Crippen molar-refractivity contribution in [3.05, 3.63) is 30.1 Å². The van der Waals surface area contributed by atoms with Crippen molar-refractivity contribution in [3.63, 3.8) is 0 Å². The Morgan fingerprint density at radius 2 is 1.86 bits per heavy atom. The zero-order valence-corrected chi connectivity index (χ0v) is 13.0. The van der Waals surface area contributed by atoms with E-state index >= 15 is 0 Å². The second kappa shape index (κ2) is 5.25. The van der Waals surface area contributed by atoms with E-state index in [0.717, 1.165) is 66.3 Å². The fourth-order valence-corrected chi connectivity index (χ4v) is 3.01. The van der Waals surface area contributed by atoms with E-state index in [0.29, 0.717) is 0 Å². The molecule has 0 aliphatic carbocycles. The lowest BCUT2D eigenvalue weighted by molar-refractivity contribution is 0.312. The SMILES string of the molecule is CCc1nc(N2CCN(C)CC2)c2oc3ccccc3c2n1. The highest BCUT2D eigenvalue weighted by Crippen LogP contribution is 2.33. The quantitative estimate of drug-likeness (QED) is 0.727. The summed E-state index contributed by atoms with van der Waals surface area (Å²) < 4.78 is 6.08. The average molecular weight is 296 g/mol. The van der Waals surface area contributed by atoms with Crippen LogP contribution < -0.4 is 4.90 Å². The van der Waals surface area contributed by atoms with Crippen LogP contribution in [0.1, 0.15) is 12.7 Å². The summed E-state index contributed by atoms with van der Waals surface area (Å²) in [5.74, 6) is 1.83. The first-order valence-electron chi connectivity index (χ1n) is 7.88. The molecule has 2 aromatic heterocycles. The molecule has 5 nitrogen and oxygen atoms in total. The van der Waals surface area contributed by atoms with Gasteiger partial charge in [-0.25, -0.2) is 9.97 Å². The van der Waals surface area contributed by atoms with Gasteiger partial charge in [-0.15, -0.1) is 0 Å². The van der Waals surface area contributed by atoms with Gasteiger partial charge in [-0.2, -0.15) is 0 Å². The van der Waals surface area contributed by atoms with Crippen LogP contribution in [0.3, 0.4) is 0 Å². The first-order chi connectivity index (χ1) is 10.8. The molecule has 1 fully saturated rings. The van der Waals surface area contributed by atoms with Crippen molar-refractivity contribution in [1.29, 1.82) is 0 Å². The Bertz CT molecular complexity index is 818. The smallest absolute Gasteiger partial charge is 0.196 e. The molecule has 0 unspecified atom stereocenters. The molecule has 0 radical (unpaired) electrons. The van der Waals surface area contributed by atoms with Gasteiger partial charge in [0.15, 0.2) is 11.4 Å². The zero-order valence-electron chi connectivity index (χ0n) is 13.0. The number of likely N-dealkylation sites (N-methyl/N-ethyl adjacent to an activating group) is 1. The van der Waals surface area contributed by atoms with Gasteiger partial charge in [0, 0.05) is 38.0 Å². The van der Waals surface area contributed by atoms with Crippen LogP contribution in [0.5, 0.6) is 0 Å². The summed E-state index contributed by atoms with van der Waals surface area (Å²) in [5, 5.41) is 1.07. The summed E-state index contributed by atoms with van der Waals surface area (Å²) in [6.45, 7) is 6.14. The van der Waals surface area contributed by atoms with Crippen LogP contribution in [0.15, 0.2) is 28.7 Å². The van der Waals surface area contributed by atoms with E-state index < -0.39 is 0 Å². The highest BCUT2D eigenvalue weighted by Gasteiger charge is 2.22. The van der Waals surface area contributed by atoms with Crippen molar-refractivity contribution in [2.75, 3.05) is 38.1 Å². The molecule has 3 aromatic rings. The fourth-order valence-electron chi connectivity index (χ4n) is 3.01. The molecule has 1 aromatic carbocycles. The van der Waals surface area contributed by atoms with E-state index in [-0.39, 0.29) is 0 Å². The molecule has 0 saturated carbocycles. The third-order valence-corrected chi connectivity index (χ3v) is 4.37. The van der Waals surface area contributed by atoms with Crippen molar-refractivity contribution < 1.29 is 4.42 Å². The number of benzene rings is 1. The van der Waals surface area contributed by atoms with Crippen molar-refractivity contribution >= 4 is 27.9 Å². The number of rotatable bonds is 2. The van der Waals surface area contributed by atoms with Crippen LogP contribution in [-0.4, -0.2) is 48.1 Å². The van der Waals surface area contributed by atoms with Gasteiger partial charge in [0.2, 0.25) is 0 Å². The van der Waals surface area contributed by atoms with Gasteiger partial charge in [-0.05, 0) is 19.2 Å². The Morgan fingerprint density at radius 1 is 1.09 bits per heavy atom. The molecule has 3 heterocycles. The summed E-state index contributed by atoms with van der Waals surface area (Å²) in [5.41, 5.74) is 2.65. The molecule has 5 heteroatoms. The van der Waals surface area contributed by atoms with Crippen LogP contribution in [0, 0.1) is 0 Å². The Balaban J connectivity index is 1.92. The number of para-hydroxylation sites is 1. The second-order valence-electron chi connectivity index (χ2n) is 5.88. The number of aryl methyl sites for hydroxylation is 1. The average Bonchev–Trinajstić information content (AvgIpc) is 2.93. The second-order valence-corrected chi connectivity index (χ2v) is 5.88. The topological polar surface area (TPSA) is 45.4 Å². The maximum Gasteiger partial charge on any atom is 0.196 e. The molecular weight excluding hydrogens is 276 g/mol. The summed E-state index contributed by atoms with van der Waals surface area (Å²) in [6.07, 6.45) is 0.830. The molecule has 22 heavy (non-hydrogen) atoms. The van der Waals surface area contributed by atoms with E-state index in [1.807, 2.05) is 18.2 Å². The van der Waals surface area contributed by atoms with E-state index in [1.54, 1.807) is 0 Å². The van der Waals surface area contributed by atoms with Gasteiger partial charge in [-0.3, -0.25) is 0 Å². The molecule has 0 amide bonds. The fraction of sp³-hybridized carbons (Fsp3) is 0.412. The lowest BCUT2D eigenvalue weighted by Crippen LogP contribution is -2.45. The van der Waals surface area contributed by atoms with Crippen LogP contribution in [0.2, 0.25) is 0 Å². The van der Waals surface area contributed by atoms with Gasteiger partial charge in [0.1, 0.15) is 16.9 Å². The number of anilines is 1. The van der Waals surface area contributed by atoms with Crippen LogP contribution in [-0.2, 0) is 6.42 Å². The predicted molar refractivity (Wildman–Crippen MR) is 88.4 cm³/mol. The standard InChI is InChI=1S/C17H20N4O/c1-3-14-18-15-12-6-4-5-7-13(12)22-16(15)17(19-14)21-10-8-20(2)9-11-21/h4-7H,3,8-11H2,1-2H3. The van der Waals surface area contributed by atoms with Gasteiger partial charge in [0.25, 0.3) is 0 Å². The lowest BCUT2D eigenvalue weighted by atomic mass is 10.2. The number of hydrogen-bond donors (Lipinski definition) is 0. The molecule has 0 N–H and O–H groups in total. The summed E-state index contributed by atoms with van der Waals surface area (Å²) in [4.78, 5) is 14.1. The summed E-state index contributed by atoms with van der Waals surface area (Å²) >= 11 is 0. The van der Waals surface area contributed by atoms with Gasteiger partial charge in [-0.1, -0.05) is 19.1 Å². The van der Waals surface area contributed by atoms with Crippen LogP contribution in [0.25, 0.3) is 22.1 Å². The highest BCUT2D eigenvalue weighted by molar-refractivity contribution is 6.05. The van der Waals surface area contributed by atoms with Crippen LogP contribution in [0.4, 0.5) is 5.82 Å². The minimum Gasteiger partial charge on any atom is -0.450 e. The number of furan rings is 1. The third kappa shape index (κ3) is 2.13. The van der Waals surface area contributed by atoms with E-state index in [9.17, 15) is 0 Å². The Labute approximate surface area is 129 Å². The number of nitrogens with zero attached hydrogens (tertiary/aromatic N) is 4.